The lowest BCUT2D eigenvalue weighted by molar-refractivity contribution is 0.916. The SMILES string of the molecule is Cc1cccc(N(C)Cc2cccc(N)c2)c1C.Cl. The zero-order valence-electron chi connectivity index (χ0n) is 11.7. The molecule has 0 saturated carbocycles. The fourth-order valence-corrected chi connectivity index (χ4v) is 2.20. The molecule has 0 radical (unpaired) electrons. The normalized spacial score (nSPS) is 9.84. The van der Waals surface area contributed by atoms with E-state index in [1.54, 1.807) is 0 Å². The second kappa shape index (κ2) is 6.48. The molecule has 0 aliphatic heterocycles. The minimum atomic E-state index is 0. The van der Waals surface area contributed by atoms with Crippen LogP contribution in [0.1, 0.15) is 16.7 Å². The van der Waals surface area contributed by atoms with Gasteiger partial charge in [-0.15, -0.1) is 12.4 Å². The Bertz CT molecular complexity index is 552. The van der Waals surface area contributed by atoms with Crippen LogP contribution in [0.4, 0.5) is 11.4 Å². The Morgan fingerprint density at radius 2 is 1.74 bits per heavy atom. The molecule has 0 amide bonds. The highest BCUT2D eigenvalue weighted by molar-refractivity contribution is 5.85. The van der Waals surface area contributed by atoms with Crippen molar-refractivity contribution in [1.82, 2.24) is 0 Å². The van der Waals surface area contributed by atoms with Crippen LogP contribution in [0.25, 0.3) is 0 Å². The van der Waals surface area contributed by atoms with Crippen molar-refractivity contribution in [3.63, 3.8) is 0 Å². The first-order chi connectivity index (χ1) is 8.58. The van der Waals surface area contributed by atoms with Gasteiger partial charge in [-0.25, -0.2) is 0 Å². The first kappa shape index (κ1) is 15.4. The first-order valence-corrected chi connectivity index (χ1v) is 6.19. The number of rotatable bonds is 3. The van der Waals surface area contributed by atoms with E-state index in [-0.39, 0.29) is 12.4 Å². The summed E-state index contributed by atoms with van der Waals surface area (Å²) in [5, 5.41) is 0. The maximum absolute atomic E-state index is 5.81. The fraction of sp³-hybridized carbons (Fsp3) is 0.250. The Labute approximate surface area is 121 Å². The Morgan fingerprint density at radius 3 is 2.42 bits per heavy atom. The standard InChI is InChI=1S/C16H20N2.ClH/c1-12-6-4-9-16(13(12)2)18(3)11-14-7-5-8-15(17)10-14;/h4-10H,11,17H2,1-3H3;1H. The molecule has 2 N–H and O–H groups in total. The van der Waals surface area contributed by atoms with Crippen LogP contribution in [0.2, 0.25) is 0 Å². The van der Waals surface area contributed by atoms with Crippen molar-refractivity contribution < 1.29 is 0 Å². The van der Waals surface area contributed by atoms with Gasteiger partial charge in [0.05, 0.1) is 0 Å². The third kappa shape index (κ3) is 3.65. The van der Waals surface area contributed by atoms with Gasteiger partial charge in [-0.2, -0.15) is 0 Å². The van der Waals surface area contributed by atoms with E-state index in [0.29, 0.717) is 0 Å². The molecule has 0 heterocycles. The highest BCUT2D eigenvalue weighted by atomic mass is 35.5. The summed E-state index contributed by atoms with van der Waals surface area (Å²) in [6.45, 7) is 5.18. The van der Waals surface area contributed by atoms with Crippen LogP contribution >= 0.6 is 12.4 Å². The second-order valence-electron chi connectivity index (χ2n) is 4.82. The summed E-state index contributed by atoms with van der Waals surface area (Å²) in [5.74, 6) is 0. The van der Waals surface area contributed by atoms with Gasteiger partial charge in [0.25, 0.3) is 0 Å². The number of halogens is 1. The number of nitrogens with two attached hydrogens (primary N) is 1. The van der Waals surface area contributed by atoms with Gasteiger partial charge >= 0.3 is 0 Å². The van der Waals surface area contributed by atoms with Gasteiger partial charge in [-0.1, -0.05) is 24.3 Å². The number of nitrogens with zero attached hydrogens (tertiary/aromatic N) is 1. The highest BCUT2D eigenvalue weighted by Crippen LogP contribution is 2.23. The minimum absolute atomic E-state index is 0. The van der Waals surface area contributed by atoms with Crippen LogP contribution in [0, 0.1) is 13.8 Å². The summed E-state index contributed by atoms with van der Waals surface area (Å²) in [6, 6.07) is 14.5. The van der Waals surface area contributed by atoms with Crippen LogP contribution in [0.15, 0.2) is 42.5 Å². The maximum Gasteiger partial charge on any atom is 0.0427 e. The van der Waals surface area contributed by atoms with Crippen molar-refractivity contribution in [2.24, 2.45) is 0 Å². The number of hydrogen-bond donors (Lipinski definition) is 1. The summed E-state index contributed by atoms with van der Waals surface area (Å²) < 4.78 is 0. The molecule has 0 atom stereocenters. The highest BCUT2D eigenvalue weighted by Gasteiger charge is 2.06. The molecule has 2 rings (SSSR count). The first-order valence-electron chi connectivity index (χ1n) is 6.19. The molecule has 2 aromatic carbocycles. The van der Waals surface area contributed by atoms with E-state index in [0.717, 1.165) is 12.2 Å². The lowest BCUT2D eigenvalue weighted by Gasteiger charge is -2.22. The Hall–Kier alpha value is -1.67. The Kier molecular flexibility index (Phi) is 5.25. The van der Waals surface area contributed by atoms with Gasteiger partial charge in [0, 0.05) is 25.0 Å². The van der Waals surface area contributed by atoms with Crippen LogP contribution in [-0.2, 0) is 6.54 Å². The maximum atomic E-state index is 5.81. The van der Waals surface area contributed by atoms with Crippen molar-refractivity contribution in [2.75, 3.05) is 17.7 Å². The molecule has 2 nitrogen and oxygen atoms in total. The number of anilines is 2. The molecule has 102 valence electrons. The van der Waals surface area contributed by atoms with Gasteiger partial charge in [0.2, 0.25) is 0 Å². The molecular weight excluding hydrogens is 256 g/mol. The molecule has 0 aliphatic rings. The van der Waals surface area contributed by atoms with Crippen molar-refractivity contribution >= 4 is 23.8 Å². The molecule has 0 unspecified atom stereocenters. The van der Waals surface area contributed by atoms with Crippen LogP contribution in [0.5, 0.6) is 0 Å². The topological polar surface area (TPSA) is 29.3 Å². The van der Waals surface area contributed by atoms with E-state index in [9.17, 15) is 0 Å². The summed E-state index contributed by atoms with van der Waals surface area (Å²) in [5.41, 5.74) is 11.8. The molecule has 0 aromatic heterocycles. The van der Waals surface area contributed by atoms with E-state index < -0.39 is 0 Å². The summed E-state index contributed by atoms with van der Waals surface area (Å²) in [4.78, 5) is 2.26. The van der Waals surface area contributed by atoms with Crippen molar-refractivity contribution in [1.29, 1.82) is 0 Å². The summed E-state index contributed by atoms with van der Waals surface area (Å²) in [7, 11) is 2.12. The van der Waals surface area contributed by atoms with E-state index in [2.05, 4.69) is 50.1 Å². The van der Waals surface area contributed by atoms with E-state index >= 15 is 0 Å². The Morgan fingerprint density at radius 1 is 1.05 bits per heavy atom. The third-order valence-corrected chi connectivity index (χ3v) is 3.36. The molecule has 0 bridgehead atoms. The van der Waals surface area contributed by atoms with E-state index in [1.807, 2.05) is 18.2 Å². The van der Waals surface area contributed by atoms with E-state index in [4.69, 9.17) is 5.73 Å². The molecule has 0 fully saturated rings. The largest absolute Gasteiger partial charge is 0.399 e. The minimum Gasteiger partial charge on any atom is -0.399 e. The van der Waals surface area contributed by atoms with Crippen molar-refractivity contribution in [3.8, 4) is 0 Å². The number of hydrogen-bond acceptors (Lipinski definition) is 2. The van der Waals surface area contributed by atoms with Crippen LogP contribution in [0.3, 0.4) is 0 Å². The molecule has 3 heteroatoms. The predicted octanol–water partition coefficient (Wildman–Crippen LogP) is 3.94. The average Bonchev–Trinajstić information content (AvgIpc) is 2.32. The zero-order chi connectivity index (χ0) is 13.1. The van der Waals surface area contributed by atoms with E-state index in [1.165, 1.54) is 22.4 Å². The molecular formula is C16H21ClN2. The summed E-state index contributed by atoms with van der Waals surface area (Å²) in [6.07, 6.45) is 0. The van der Waals surface area contributed by atoms with Gasteiger partial charge in [0.15, 0.2) is 0 Å². The van der Waals surface area contributed by atoms with Gasteiger partial charge in [-0.3, -0.25) is 0 Å². The molecule has 2 aromatic rings. The van der Waals surface area contributed by atoms with Gasteiger partial charge in [-0.05, 0) is 48.7 Å². The number of aryl methyl sites for hydroxylation is 1. The smallest absolute Gasteiger partial charge is 0.0427 e. The molecule has 0 spiro atoms. The van der Waals surface area contributed by atoms with Gasteiger partial charge in [0.1, 0.15) is 0 Å². The lowest BCUT2D eigenvalue weighted by atomic mass is 10.1. The molecule has 19 heavy (non-hydrogen) atoms. The zero-order valence-corrected chi connectivity index (χ0v) is 12.5. The fourth-order valence-electron chi connectivity index (χ4n) is 2.20. The Balaban J connectivity index is 0.00000180. The molecule has 0 saturated heterocycles. The van der Waals surface area contributed by atoms with Crippen molar-refractivity contribution in [2.45, 2.75) is 20.4 Å². The number of nitrogen functional groups attached to an aromatic ring is 1. The second-order valence-corrected chi connectivity index (χ2v) is 4.82. The number of benzene rings is 2. The summed E-state index contributed by atoms with van der Waals surface area (Å²) >= 11 is 0. The molecule has 0 aliphatic carbocycles. The third-order valence-electron chi connectivity index (χ3n) is 3.36. The predicted molar refractivity (Wildman–Crippen MR) is 86.1 cm³/mol. The van der Waals surface area contributed by atoms with Gasteiger partial charge < -0.3 is 10.6 Å². The van der Waals surface area contributed by atoms with Crippen LogP contribution < -0.4 is 10.6 Å². The van der Waals surface area contributed by atoms with Crippen molar-refractivity contribution in [3.05, 3.63) is 59.2 Å². The monoisotopic (exact) mass is 276 g/mol. The lowest BCUT2D eigenvalue weighted by Crippen LogP contribution is -2.17. The van der Waals surface area contributed by atoms with Crippen LogP contribution in [-0.4, -0.2) is 7.05 Å². The quantitative estimate of drug-likeness (QED) is 0.861. The average molecular weight is 277 g/mol.